The van der Waals surface area contributed by atoms with Crippen LogP contribution in [0.5, 0.6) is 0 Å². The molecule has 1 saturated heterocycles. The average molecular weight is 416 g/mol. The van der Waals surface area contributed by atoms with Gasteiger partial charge in [-0.2, -0.15) is 0 Å². The summed E-state index contributed by atoms with van der Waals surface area (Å²) in [5.41, 5.74) is 2.02. The fourth-order valence-electron chi connectivity index (χ4n) is 3.72. The molecule has 0 bridgehead atoms. The Morgan fingerprint density at radius 3 is 2.66 bits per heavy atom. The van der Waals surface area contributed by atoms with E-state index in [-0.39, 0.29) is 17.3 Å². The minimum absolute atomic E-state index is 0.0974. The second kappa shape index (κ2) is 9.52. The molecule has 2 N–H and O–H groups in total. The van der Waals surface area contributed by atoms with E-state index >= 15 is 0 Å². The summed E-state index contributed by atoms with van der Waals surface area (Å²) in [4.78, 5) is 15.2. The lowest BCUT2D eigenvalue weighted by atomic mass is 10.1. The molecule has 0 saturated carbocycles. The fourth-order valence-corrected chi connectivity index (χ4v) is 4.76. The average Bonchev–Trinajstić information content (AvgIpc) is 3.19. The lowest BCUT2D eigenvalue weighted by Crippen LogP contribution is -2.40. The van der Waals surface area contributed by atoms with Gasteiger partial charge in [0, 0.05) is 24.7 Å². The van der Waals surface area contributed by atoms with Gasteiger partial charge in [-0.05, 0) is 56.1 Å². The van der Waals surface area contributed by atoms with E-state index in [2.05, 4.69) is 21.9 Å². The molecule has 0 aliphatic carbocycles. The minimum Gasteiger partial charge on any atom is -0.350 e. The van der Waals surface area contributed by atoms with Gasteiger partial charge in [0.15, 0.2) is 0 Å². The number of aryl methyl sites for hydroxylation is 1. The second-order valence-corrected chi connectivity index (χ2v) is 9.19. The number of likely N-dealkylation sites (tertiary alicyclic amines) is 1. The van der Waals surface area contributed by atoms with Crippen molar-refractivity contribution < 1.29 is 13.2 Å². The number of nitrogens with one attached hydrogen (secondary N) is 2. The van der Waals surface area contributed by atoms with Crippen molar-refractivity contribution >= 4 is 15.9 Å². The van der Waals surface area contributed by atoms with Crippen molar-refractivity contribution in [2.45, 2.75) is 44.2 Å². The molecule has 29 heavy (non-hydrogen) atoms. The number of likely N-dealkylation sites (N-methyl/N-ethyl adjacent to an activating group) is 1. The van der Waals surface area contributed by atoms with E-state index in [9.17, 15) is 13.2 Å². The summed E-state index contributed by atoms with van der Waals surface area (Å²) >= 11 is 0. The van der Waals surface area contributed by atoms with Crippen molar-refractivity contribution in [2.24, 2.45) is 0 Å². The van der Waals surface area contributed by atoms with Gasteiger partial charge in [0.05, 0.1) is 4.90 Å². The predicted octanol–water partition coefficient (Wildman–Crippen LogP) is 2.69. The quantitative estimate of drug-likeness (QED) is 0.695. The van der Waals surface area contributed by atoms with Crippen molar-refractivity contribution in [3.05, 3.63) is 65.2 Å². The highest BCUT2D eigenvalue weighted by Crippen LogP contribution is 2.18. The number of nitrogens with zero attached hydrogens (tertiary/aromatic N) is 1. The Balaban J connectivity index is 1.69. The van der Waals surface area contributed by atoms with Crippen molar-refractivity contribution in [3.63, 3.8) is 0 Å². The smallest absolute Gasteiger partial charge is 0.251 e. The molecule has 3 rings (SSSR count). The molecule has 0 aromatic heterocycles. The van der Waals surface area contributed by atoms with Crippen LogP contribution in [0.1, 0.15) is 41.3 Å². The van der Waals surface area contributed by atoms with Crippen LogP contribution in [-0.4, -0.2) is 44.9 Å². The van der Waals surface area contributed by atoms with E-state index in [4.69, 9.17) is 0 Å². The van der Waals surface area contributed by atoms with Crippen LogP contribution >= 0.6 is 0 Å². The zero-order valence-corrected chi connectivity index (χ0v) is 17.8. The summed E-state index contributed by atoms with van der Waals surface area (Å²) in [6.07, 6.45) is 2.22. The molecule has 2 aromatic rings. The summed E-state index contributed by atoms with van der Waals surface area (Å²) in [7, 11) is -3.71. The molecule has 1 aliphatic rings. The van der Waals surface area contributed by atoms with Crippen LogP contribution in [0.3, 0.4) is 0 Å². The van der Waals surface area contributed by atoms with Gasteiger partial charge < -0.3 is 5.32 Å². The van der Waals surface area contributed by atoms with E-state index in [1.807, 2.05) is 37.3 Å². The molecule has 1 aliphatic heterocycles. The molecule has 2 aromatic carbocycles. The molecule has 156 valence electrons. The zero-order chi connectivity index (χ0) is 20.9. The molecule has 1 amide bonds. The van der Waals surface area contributed by atoms with Gasteiger partial charge in [-0.1, -0.05) is 43.3 Å². The molecule has 0 radical (unpaired) electrons. The fraction of sp³-hybridized carbons (Fsp3) is 0.409. The number of benzene rings is 2. The number of carbonyl (C=O) groups excluding carboxylic acids is 1. The number of hydrogen-bond acceptors (Lipinski definition) is 4. The number of amides is 1. The highest BCUT2D eigenvalue weighted by molar-refractivity contribution is 7.89. The van der Waals surface area contributed by atoms with Crippen LogP contribution in [0, 0.1) is 6.92 Å². The first-order valence-corrected chi connectivity index (χ1v) is 11.6. The number of hydrogen-bond donors (Lipinski definition) is 2. The summed E-state index contributed by atoms with van der Waals surface area (Å²) < 4.78 is 28.0. The van der Waals surface area contributed by atoms with Crippen molar-refractivity contribution in [2.75, 3.05) is 19.6 Å². The topological polar surface area (TPSA) is 78.5 Å². The molecule has 1 unspecified atom stereocenters. The van der Waals surface area contributed by atoms with E-state index in [1.165, 1.54) is 12.1 Å². The second-order valence-electron chi connectivity index (χ2n) is 7.42. The monoisotopic (exact) mass is 415 g/mol. The maximum Gasteiger partial charge on any atom is 0.251 e. The van der Waals surface area contributed by atoms with E-state index in [0.29, 0.717) is 18.2 Å². The van der Waals surface area contributed by atoms with Gasteiger partial charge in [0.25, 0.3) is 5.91 Å². The summed E-state index contributed by atoms with van der Waals surface area (Å²) in [5.74, 6) is -0.231. The van der Waals surface area contributed by atoms with E-state index < -0.39 is 10.0 Å². The number of rotatable bonds is 8. The van der Waals surface area contributed by atoms with Crippen LogP contribution in [0.25, 0.3) is 0 Å². The highest BCUT2D eigenvalue weighted by atomic mass is 32.2. The molecule has 7 heteroatoms. The Kier molecular flexibility index (Phi) is 7.05. The summed E-state index contributed by atoms with van der Waals surface area (Å²) in [6, 6.07) is 14.4. The van der Waals surface area contributed by atoms with Gasteiger partial charge in [-0.3, -0.25) is 9.69 Å². The van der Waals surface area contributed by atoms with Crippen LogP contribution < -0.4 is 10.0 Å². The van der Waals surface area contributed by atoms with Crippen LogP contribution in [0.15, 0.2) is 53.4 Å². The van der Waals surface area contributed by atoms with E-state index in [1.54, 1.807) is 6.07 Å². The third-order valence-electron chi connectivity index (χ3n) is 5.48. The van der Waals surface area contributed by atoms with Crippen molar-refractivity contribution in [1.29, 1.82) is 0 Å². The first-order valence-electron chi connectivity index (χ1n) is 10.1. The largest absolute Gasteiger partial charge is 0.350 e. The van der Waals surface area contributed by atoms with Gasteiger partial charge in [0.1, 0.15) is 0 Å². The third kappa shape index (κ3) is 5.44. The Labute approximate surface area is 173 Å². The van der Waals surface area contributed by atoms with Gasteiger partial charge in [-0.25, -0.2) is 13.1 Å². The highest BCUT2D eigenvalue weighted by Gasteiger charge is 2.24. The first-order chi connectivity index (χ1) is 13.9. The third-order valence-corrected chi connectivity index (χ3v) is 6.88. The Morgan fingerprint density at radius 2 is 1.93 bits per heavy atom. The molecule has 0 spiro atoms. The van der Waals surface area contributed by atoms with Crippen molar-refractivity contribution in [3.8, 4) is 0 Å². The Bertz CT molecular complexity index is 945. The lowest BCUT2D eigenvalue weighted by molar-refractivity contribution is 0.0940. The standard InChI is InChI=1S/C22H29N3O3S/c1-3-25-13-7-10-19(25)16-23-22(26)21-14-20(12-11-17(21)2)29(27,28)24-15-18-8-5-4-6-9-18/h4-6,8-9,11-12,14,19,24H,3,7,10,13,15-16H2,1-2H3,(H,23,26). The Hall–Kier alpha value is -2.22. The number of carbonyl (C=O) groups is 1. The molecular formula is C22H29N3O3S. The SMILES string of the molecule is CCN1CCCC1CNC(=O)c1cc(S(=O)(=O)NCc2ccccc2)ccc1C. The van der Waals surface area contributed by atoms with Crippen LogP contribution in [-0.2, 0) is 16.6 Å². The van der Waals surface area contributed by atoms with Gasteiger partial charge in [-0.15, -0.1) is 0 Å². The van der Waals surface area contributed by atoms with Crippen LogP contribution in [0.2, 0.25) is 0 Å². The normalized spacial score (nSPS) is 17.4. The van der Waals surface area contributed by atoms with Crippen molar-refractivity contribution in [1.82, 2.24) is 14.9 Å². The molecule has 1 fully saturated rings. The number of sulfonamides is 1. The molecular weight excluding hydrogens is 386 g/mol. The Morgan fingerprint density at radius 1 is 1.17 bits per heavy atom. The molecule has 1 heterocycles. The maximum atomic E-state index is 12.7. The summed E-state index contributed by atoms with van der Waals surface area (Å²) in [6.45, 7) is 6.76. The summed E-state index contributed by atoms with van der Waals surface area (Å²) in [5, 5.41) is 2.99. The zero-order valence-electron chi connectivity index (χ0n) is 17.0. The van der Waals surface area contributed by atoms with Gasteiger partial charge in [0.2, 0.25) is 10.0 Å². The predicted molar refractivity (Wildman–Crippen MR) is 114 cm³/mol. The van der Waals surface area contributed by atoms with E-state index in [0.717, 1.165) is 37.1 Å². The lowest BCUT2D eigenvalue weighted by Gasteiger charge is -2.23. The molecule has 1 atom stereocenters. The minimum atomic E-state index is -3.71. The van der Waals surface area contributed by atoms with Gasteiger partial charge >= 0.3 is 0 Å². The first kappa shape index (κ1) is 21.5. The maximum absolute atomic E-state index is 12.7. The van der Waals surface area contributed by atoms with Crippen LogP contribution in [0.4, 0.5) is 0 Å². The molecule has 6 nitrogen and oxygen atoms in total.